The minimum atomic E-state index is 0.616. The minimum absolute atomic E-state index is 0.616. The molecule has 0 aromatic carbocycles. The Kier molecular flexibility index (Phi) is 3.71. The molecule has 1 N–H and O–H groups in total. The van der Waals surface area contributed by atoms with Crippen LogP contribution in [0.2, 0.25) is 0 Å². The van der Waals surface area contributed by atoms with Crippen molar-refractivity contribution >= 4 is 0 Å². The second-order valence-corrected chi connectivity index (χ2v) is 6.44. The Bertz CT molecular complexity index is 182. The lowest BCUT2D eigenvalue weighted by atomic mass is 9.75. The summed E-state index contributed by atoms with van der Waals surface area (Å²) in [7, 11) is 0. The van der Waals surface area contributed by atoms with Crippen molar-refractivity contribution in [2.75, 3.05) is 0 Å². The highest BCUT2D eigenvalue weighted by molar-refractivity contribution is 4.85. The van der Waals surface area contributed by atoms with Crippen LogP contribution in [0.4, 0.5) is 0 Å². The quantitative estimate of drug-likeness (QED) is 0.728. The normalized spacial score (nSPS) is 29.2. The van der Waals surface area contributed by atoms with Crippen molar-refractivity contribution < 1.29 is 0 Å². The van der Waals surface area contributed by atoms with Crippen LogP contribution in [0.5, 0.6) is 0 Å². The van der Waals surface area contributed by atoms with Gasteiger partial charge < -0.3 is 5.32 Å². The Morgan fingerprint density at radius 1 is 0.800 bits per heavy atom. The van der Waals surface area contributed by atoms with Crippen molar-refractivity contribution in [3.8, 4) is 0 Å². The molecule has 2 saturated carbocycles. The van der Waals surface area contributed by atoms with E-state index in [2.05, 4.69) is 19.2 Å². The highest BCUT2D eigenvalue weighted by Gasteiger charge is 2.28. The standard InChI is InChI=1S/C14H27N/c1-14(2)10-8-13(9-11-14)15-12-6-4-3-5-7-12/h12-13,15H,3-11H2,1-2H3. The number of rotatable bonds is 2. The number of hydrogen-bond donors (Lipinski definition) is 1. The summed E-state index contributed by atoms with van der Waals surface area (Å²) in [6.45, 7) is 4.84. The minimum Gasteiger partial charge on any atom is -0.311 e. The predicted octanol–water partition coefficient (Wildman–Crippen LogP) is 3.88. The number of nitrogens with one attached hydrogen (secondary N) is 1. The molecule has 0 spiro atoms. The van der Waals surface area contributed by atoms with Crippen LogP contribution in [0.1, 0.15) is 71.6 Å². The fraction of sp³-hybridized carbons (Fsp3) is 1.00. The van der Waals surface area contributed by atoms with Crippen LogP contribution in [0, 0.1) is 5.41 Å². The maximum absolute atomic E-state index is 3.90. The van der Waals surface area contributed by atoms with Crippen LogP contribution in [0.15, 0.2) is 0 Å². The molecule has 0 bridgehead atoms. The highest BCUT2D eigenvalue weighted by Crippen LogP contribution is 2.35. The summed E-state index contributed by atoms with van der Waals surface area (Å²) in [6.07, 6.45) is 12.9. The lowest BCUT2D eigenvalue weighted by molar-refractivity contribution is 0.190. The molecule has 2 aliphatic rings. The summed E-state index contributed by atoms with van der Waals surface area (Å²) in [5, 5.41) is 3.90. The Balaban J connectivity index is 1.71. The average Bonchev–Trinajstić information content (AvgIpc) is 2.23. The van der Waals surface area contributed by atoms with Crippen LogP contribution in [0.25, 0.3) is 0 Å². The van der Waals surface area contributed by atoms with E-state index in [4.69, 9.17) is 0 Å². The van der Waals surface area contributed by atoms with Crippen molar-refractivity contribution in [2.24, 2.45) is 5.41 Å². The largest absolute Gasteiger partial charge is 0.311 e. The van der Waals surface area contributed by atoms with Crippen LogP contribution >= 0.6 is 0 Å². The highest BCUT2D eigenvalue weighted by atomic mass is 15.0. The van der Waals surface area contributed by atoms with E-state index in [1.165, 1.54) is 57.8 Å². The molecule has 0 radical (unpaired) electrons. The van der Waals surface area contributed by atoms with Gasteiger partial charge in [-0.2, -0.15) is 0 Å². The molecule has 2 fully saturated rings. The zero-order valence-corrected chi connectivity index (χ0v) is 10.5. The van der Waals surface area contributed by atoms with Crippen molar-refractivity contribution in [1.82, 2.24) is 5.32 Å². The molecule has 88 valence electrons. The van der Waals surface area contributed by atoms with Gasteiger partial charge in [-0.1, -0.05) is 33.1 Å². The van der Waals surface area contributed by atoms with Gasteiger partial charge in [0.05, 0.1) is 0 Å². The lowest BCUT2D eigenvalue weighted by Gasteiger charge is -2.37. The first kappa shape index (κ1) is 11.4. The smallest absolute Gasteiger partial charge is 0.00700 e. The molecular weight excluding hydrogens is 182 g/mol. The third kappa shape index (κ3) is 3.48. The average molecular weight is 209 g/mol. The maximum atomic E-state index is 3.90. The van der Waals surface area contributed by atoms with Crippen molar-refractivity contribution in [3.05, 3.63) is 0 Å². The third-order valence-electron chi connectivity index (χ3n) is 4.42. The van der Waals surface area contributed by atoms with E-state index in [1.54, 1.807) is 0 Å². The van der Waals surface area contributed by atoms with E-state index in [1.807, 2.05) is 0 Å². The van der Waals surface area contributed by atoms with Gasteiger partial charge in [0.25, 0.3) is 0 Å². The van der Waals surface area contributed by atoms with E-state index in [-0.39, 0.29) is 0 Å². The zero-order valence-electron chi connectivity index (χ0n) is 10.5. The van der Waals surface area contributed by atoms with E-state index in [0.717, 1.165) is 12.1 Å². The second-order valence-electron chi connectivity index (χ2n) is 6.44. The summed E-state index contributed by atoms with van der Waals surface area (Å²) in [5.74, 6) is 0. The van der Waals surface area contributed by atoms with Gasteiger partial charge in [-0.15, -0.1) is 0 Å². The Hall–Kier alpha value is -0.0400. The van der Waals surface area contributed by atoms with Crippen LogP contribution in [0.3, 0.4) is 0 Å². The van der Waals surface area contributed by atoms with E-state index in [0.29, 0.717) is 5.41 Å². The first-order valence-corrected chi connectivity index (χ1v) is 6.92. The van der Waals surface area contributed by atoms with E-state index in [9.17, 15) is 0 Å². The lowest BCUT2D eigenvalue weighted by Crippen LogP contribution is -2.42. The van der Waals surface area contributed by atoms with E-state index < -0.39 is 0 Å². The first-order valence-electron chi connectivity index (χ1n) is 6.92. The molecule has 0 unspecified atom stereocenters. The fourth-order valence-corrected chi connectivity index (χ4v) is 3.17. The van der Waals surface area contributed by atoms with Crippen molar-refractivity contribution in [2.45, 2.75) is 83.7 Å². The van der Waals surface area contributed by atoms with Crippen LogP contribution in [-0.4, -0.2) is 12.1 Å². The summed E-state index contributed by atoms with van der Waals surface area (Å²) >= 11 is 0. The molecule has 0 aliphatic heterocycles. The van der Waals surface area contributed by atoms with Gasteiger partial charge in [0.2, 0.25) is 0 Å². The molecule has 0 amide bonds. The zero-order chi connectivity index (χ0) is 10.7. The molecule has 2 rings (SSSR count). The molecule has 0 aromatic heterocycles. The van der Waals surface area contributed by atoms with Gasteiger partial charge in [0.1, 0.15) is 0 Å². The molecule has 1 nitrogen and oxygen atoms in total. The Morgan fingerprint density at radius 3 is 1.93 bits per heavy atom. The summed E-state index contributed by atoms with van der Waals surface area (Å²) in [6, 6.07) is 1.69. The monoisotopic (exact) mass is 209 g/mol. The Morgan fingerprint density at radius 2 is 1.33 bits per heavy atom. The van der Waals surface area contributed by atoms with Crippen molar-refractivity contribution in [1.29, 1.82) is 0 Å². The predicted molar refractivity (Wildman–Crippen MR) is 66.0 cm³/mol. The first-order chi connectivity index (χ1) is 7.16. The molecule has 0 aromatic rings. The Labute approximate surface area is 95.0 Å². The second kappa shape index (κ2) is 4.86. The SMILES string of the molecule is CC1(C)CCC(NC2CCCCC2)CC1. The summed E-state index contributed by atoms with van der Waals surface area (Å²) in [4.78, 5) is 0. The van der Waals surface area contributed by atoms with Gasteiger partial charge in [0.15, 0.2) is 0 Å². The van der Waals surface area contributed by atoms with Crippen LogP contribution < -0.4 is 5.32 Å². The molecule has 15 heavy (non-hydrogen) atoms. The fourth-order valence-electron chi connectivity index (χ4n) is 3.17. The summed E-state index contributed by atoms with van der Waals surface area (Å²) in [5.41, 5.74) is 0.616. The molecule has 0 saturated heterocycles. The van der Waals surface area contributed by atoms with E-state index >= 15 is 0 Å². The van der Waals surface area contributed by atoms with Gasteiger partial charge in [-0.25, -0.2) is 0 Å². The molecule has 1 heteroatoms. The molecule has 0 heterocycles. The van der Waals surface area contributed by atoms with Gasteiger partial charge >= 0.3 is 0 Å². The maximum Gasteiger partial charge on any atom is 0.00700 e. The molecular formula is C14H27N. The topological polar surface area (TPSA) is 12.0 Å². The number of hydrogen-bond acceptors (Lipinski definition) is 1. The third-order valence-corrected chi connectivity index (χ3v) is 4.42. The van der Waals surface area contributed by atoms with Gasteiger partial charge in [-0.3, -0.25) is 0 Å². The van der Waals surface area contributed by atoms with Gasteiger partial charge in [-0.05, 0) is 43.9 Å². The summed E-state index contributed by atoms with van der Waals surface area (Å²) < 4.78 is 0. The molecule has 2 aliphatic carbocycles. The van der Waals surface area contributed by atoms with Crippen molar-refractivity contribution in [3.63, 3.8) is 0 Å². The molecule has 0 atom stereocenters. The van der Waals surface area contributed by atoms with Crippen LogP contribution in [-0.2, 0) is 0 Å². The van der Waals surface area contributed by atoms with Gasteiger partial charge in [0, 0.05) is 12.1 Å².